The lowest BCUT2D eigenvalue weighted by molar-refractivity contribution is -0.113. The summed E-state index contributed by atoms with van der Waals surface area (Å²) in [5, 5.41) is 13.6. The highest BCUT2D eigenvalue weighted by Gasteiger charge is 2.15. The first kappa shape index (κ1) is 19.7. The summed E-state index contributed by atoms with van der Waals surface area (Å²) in [6.45, 7) is 4.59. The second-order valence-electron chi connectivity index (χ2n) is 6.34. The van der Waals surface area contributed by atoms with Crippen LogP contribution in [0.4, 0.5) is 5.69 Å². The van der Waals surface area contributed by atoms with Gasteiger partial charge in [0.05, 0.1) is 23.3 Å². The maximum absolute atomic E-state index is 12.3. The first-order valence-corrected chi connectivity index (χ1v) is 9.68. The number of carbonyl (C=O) groups excluding carboxylic acids is 2. The van der Waals surface area contributed by atoms with Crippen molar-refractivity contribution >= 4 is 29.3 Å². The van der Waals surface area contributed by atoms with Crippen LogP contribution in [0.5, 0.6) is 0 Å². The minimum absolute atomic E-state index is 0.0573. The molecule has 2 heterocycles. The number of para-hydroxylation sites is 1. The molecule has 0 saturated heterocycles. The summed E-state index contributed by atoms with van der Waals surface area (Å²) in [4.78, 5) is 24.6. The van der Waals surface area contributed by atoms with Crippen molar-refractivity contribution in [2.24, 2.45) is 5.92 Å². The molecule has 2 amide bonds. The predicted octanol–water partition coefficient (Wildman–Crippen LogP) is 3.45. The second-order valence-corrected chi connectivity index (χ2v) is 7.26. The van der Waals surface area contributed by atoms with E-state index < -0.39 is 0 Å². The number of furan rings is 1. The summed E-state index contributed by atoms with van der Waals surface area (Å²) in [5.41, 5.74) is 0.871. The van der Waals surface area contributed by atoms with Gasteiger partial charge < -0.3 is 19.5 Å². The smallest absolute Gasteiger partial charge is 0.284 e. The molecule has 0 spiro atoms. The molecule has 0 unspecified atom stereocenters. The zero-order chi connectivity index (χ0) is 19.9. The Hall–Kier alpha value is -3.07. The van der Waals surface area contributed by atoms with Crippen molar-refractivity contribution in [1.29, 1.82) is 0 Å². The molecule has 146 valence electrons. The summed E-state index contributed by atoms with van der Waals surface area (Å²) >= 11 is 1.10. The van der Waals surface area contributed by atoms with Gasteiger partial charge in [0.2, 0.25) is 5.91 Å². The minimum atomic E-state index is -0.285. The fourth-order valence-corrected chi connectivity index (χ4v) is 2.83. The van der Waals surface area contributed by atoms with Gasteiger partial charge in [-0.05, 0) is 30.2 Å². The zero-order valence-electron chi connectivity index (χ0n) is 15.5. The van der Waals surface area contributed by atoms with Gasteiger partial charge in [-0.2, -0.15) is 0 Å². The lowest BCUT2D eigenvalue weighted by atomic mass is 10.1. The highest BCUT2D eigenvalue weighted by Crippen LogP contribution is 2.23. The van der Waals surface area contributed by atoms with E-state index >= 15 is 0 Å². The van der Waals surface area contributed by atoms with Gasteiger partial charge in [0.25, 0.3) is 17.0 Å². The number of rotatable bonds is 8. The summed E-state index contributed by atoms with van der Waals surface area (Å²) in [6, 6.07) is 10.3. The Morgan fingerprint density at radius 1 is 1.14 bits per heavy atom. The zero-order valence-corrected chi connectivity index (χ0v) is 16.3. The maximum atomic E-state index is 12.3. The number of nitrogens with one attached hydrogen (secondary N) is 2. The van der Waals surface area contributed by atoms with Crippen molar-refractivity contribution in [1.82, 2.24) is 15.5 Å². The molecule has 3 aromatic rings. The molecule has 0 radical (unpaired) electrons. The van der Waals surface area contributed by atoms with E-state index in [4.69, 9.17) is 8.83 Å². The highest BCUT2D eigenvalue weighted by molar-refractivity contribution is 7.99. The summed E-state index contributed by atoms with van der Waals surface area (Å²) in [6.07, 6.45) is 1.51. The molecule has 0 aliphatic rings. The van der Waals surface area contributed by atoms with Gasteiger partial charge >= 0.3 is 0 Å². The molecule has 0 saturated carbocycles. The van der Waals surface area contributed by atoms with E-state index in [9.17, 15) is 9.59 Å². The van der Waals surface area contributed by atoms with Gasteiger partial charge in [0.1, 0.15) is 0 Å². The fourth-order valence-electron chi connectivity index (χ4n) is 2.26. The Bertz CT molecular complexity index is 937. The number of hydrogen-bond acceptors (Lipinski definition) is 7. The molecule has 28 heavy (non-hydrogen) atoms. The van der Waals surface area contributed by atoms with Gasteiger partial charge in [0, 0.05) is 6.54 Å². The largest absolute Gasteiger partial charge is 0.459 e. The number of carbonyl (C=O) groups is 2. The molecular formula is C19H20N4O4S. The lowest BCUT2D eigenvalue weighted by Gasteiger charge is -2.12. The molecule has 0 aliphatic carbocycles. The van der Waals surface area contributed by atoms with Gasteiger partial charge in [-0.25, -0.2) is 0 Å². The number of aromatic nitrogens is 2. The van der Waals surface area contributed by atoms with E-state index in [1.54, 1.807) is 36.4 Å². The molecule has 0 atom stereocenters. The van der Waals surface area contributed by atoms with Gasteiger partial charge in [0.15, 0.2) is 5.76 Å². The van der Waals surface area contributed by atoms with Crippen LogP contribution in [0.1, 0.15) is 24.2 Å². The molecule has 9 heteroatoms. The molecule has 1 aromatic carbocycles. The first-order valence-electron chi connectivity index (χ1n) is 8.70. The second kappa shape index (κ2) is 9.23. The lowest BCUT2D eigenvalue weighted by Crippen LogP contribution is -2.28. The van der Waals surface area contributed by atoms with Crippen LogP contribution < -0.4 is 10.6 Å². The average Bonchev–Trinajstić information content (AvgIpc) is 3.36. The third-order valence-corrected chi connectivity index (χ3v) is 4.40. The molecule has 0 bridgehead atoms. The third kappa shape index (κ3) is 5.23. The van der Waals surface area contributed by atoms with E-state index in [1.807, 2.05) is 13.8 Å². The summed E-state index contributed by atoms with van der Waals surface area (Å²) < 4.78 is 10.6. The fraction of sp³-hybridized carbons (Fsp3) is 0.263. The van der Waals surface area contributed by atoms with Crippen LogP contribution in [0.2, 0.25) is 0 Å². The normalized spacial score (nSPS) is 10.8. The van der Waals surface area contributed by atoms with E-state index in [1.165, 1.54) is 6.26 Å². The number of hydrogen-bond donors (Lipinski definition) is 2. The topological polar surface area (TPSA) is 110 Å². The first-order chi connectivity index (χ1) is 13.5. The Kier molecular flexibility index (Phi) is 6.49. The third-order valence-electron chi connectivity index (χ3n) is 3.58. The van der Waals surface area contributed by atoms with Gasteiger partial charge in [-0.15, -0.1) is 10.2 Å². The van der Waals surface area contributed by atoms with Crippen molar-refractivity contribution in [2.75, 3.05) is 17.6 Å². The maximum Gasteiger partial charge on any atom is 0.284 e. The number of amides is 2. The molecule has 2 N–H and O–H groups in total. The van der Waals surface area contributed by atoms with Crippen molar-refractivity contribution < 1.29 is 18.4 Å². The van der Waals surface area contributed by atoms with Crippen LogP contribution in [0.15, 0.2) is 56.7 Å². The summed E-state index contributed by atoms with van der Waals surface area (Å²) in [7, 11) is 0. The van der Waals surface area contributed by atoms with E-state index in [0.29, 0.717) is 29.5 Å². The van der Waals surface area contributed by atoms with E-state index in [-0.39, 0.29) is 28.7 Å². The van der Waals surface area contributed by atoms with Gasteiger partial charge in [-0.1, -0.05) is 37.7 Å². The molecule has 0 aliphatic heterocycles. The Morgan fingerprint density at radius 2 is 1.96 bits per heavy atom. The van der Waals surface area contributed by atoms with Crippen molar-refractivity contribution in [3.05, 3.63) is 48.2 Å². The molecule has 3 rings (SSSR count). The van der Waals surface area contributed by atoms with Crippen LogP contribution in [-0.2, 0) is 4.79 Å². The predicted molar refractivity (Wildman–Crippen MR) is 105 cm³/mol. The van der Waals surface area contributed by atoms with Crippen molar-refractivity contribution in [2.45, 2.75) is 19.1 Å². The Morgan fingerprint density at radius 3 is 2.71 bits per heavy atom. The SMILES string of the molecule is CC(C)CNC(=O)c1ccccc1NC(=O)CSc1nnc(-c2ccco2)o1. The van der Waals surface area contributed by atoms with Crippen LogP contribution in [0.25, 0.3) is 11.7 Å². The number of nitrogens with zero attached hydrogens (tertiary/aromatic N) is 2. The van der Waals surface area contributed by atoms with Crippen LogP contribution in [-0.4, -0.2) is 34.3 Å². The van der Waals surface area contributed by atoms with Gasteiger partial charge in [-0.3, -0.25) is 9.59 Å². The summed E-state index contributed by atoms with van der Waals surface area (Å²) in [5.74, 6) is 0.596. The standard InChI is InChI=1S/C19H20N4O4S/c1-12(2)10-20-17(25)13-6-3-4-7-14(13)21-16(24)11-28-19-23-22-18(27-19)15-8-5-9-26-15/h3-9,12H,10-11H2,1-2H3,(H,20,25)(H,21,24). The van der Waals surface area contributed by atoms with E-state index in [2.05, 4.69) is 20.8 Å². The Balaban J connectivity index is 1.57. The number of thioether (sulfide) groups is 1. The quantitative estimate of drug-likeness (QED) is 0.557. The van der Waals surface area contributed by atoms with E-state index in [0.717, 1.165) is 11.8 Å². The van der Waals surface area contributed by atoms with Crippen molar-refractivity contribution in [3.63, 3.8) is 0 Å². The molecule has 0 fully saturated rings. The number of benzene rings is 1. The molecule has 2 aromatic heterocycles. The Labute approximate surface area is 166 Å². The van der Waals surface area contributed by atoms with Crippen LogP contribution in [0.3, 0.4) is 0 Å². The monoisotopic (exact) mass is 400 g/mol. The molecule has 8 nitrogen and oxygen atoms in total. The minimum Gasteiger partial charge on any atom is -0.459 e. The highest BCUT2D eigenvalue weighted by atomic mass is 32.2. The molecular weight excluding hydrogens is 380 g/mol. The van der Waals surface area contributed by atoms with Crippen LogP contribution in [0, 0.1) is 5.92 Å². The van der Waals surface area contributed by atoms with Crippen molar-refractivity contribution in [3.8, 4) is 11.7 Å². The number of anilines is 1. The average molecular weight is 400 g/mol. The van der Waals surface area contributed by atoms with Crippen LogP contribution >= 0.6 is 11.8 Å².